The Hall–Kier alpha value is -1.07. The van der Waals surface area contributed by atoms with E-state index in [0.717, 1.165) is 25.3 Å². The van der Waals surface area contributed by atoms with Crippen LogP contribution in [0.15, 0.2) is 12.1 Å². The van der Waals surface area contributed by atoms with Gasteiger partial charge in [0.15, 0.2) is 17.5 Å². The first-order valence-electron chi connectivity index (χ1n) is 7.00. The molecule has 1 saturated heterocycles. The molecular weight excluding hydrogens is 267 g/mol. The predicted octanol–water partition coefficient (Wildman–Crippen LogP) is 3.71. The minimum Gasteiger partial charge on any atom is -0.373 e. The van der Waals surface area contributed by atoms with E-state index in [1.165, 1.54) is 6.07 Å². The van der Waals surface area contributed by atoms with Gasteiger partial charge in [-0.05, 0) is 38.8 Å². The summed E-state index contributed by atoms with van der Waals surface area (Å²) in [5, 5.41) is 3.20. The maximum Gasteiger partial charge on any atom is 0.194 e. The number of nitrogens with one attached hydrogen (secondary N) is 1. The number of hydrogen-bond acceptors (Lipinski definition) is 2. The fourth-order valence-electron chi connectivity index (χ4n) is 2.74. The molecule has 1 N–H and O–H groups in total. The lowest BCUT2D eigenvalue weighted by molar-refractivity contribution is -0.0135. The van der Waals surface area contributed by atoms with Gasteiger partial charge in [0.05, 0.1) is 11.6 Å². The van der Waals surface area contributed by atoms with Gasteiger partial charge < -0.3 is 10.1 Å². The first-order valence-corrected chi connectivity index (χ1v) is 7.00. The Morgan fingerprint density at radius 2 is 2.05 bits per heavy atom. The van der Waals surface area contributed by atoms with Crippen LogP contribution in [0, 0.1) is 17.5 Å². The van der Waals surface area contributed by atoms with Gasteiger partial charge in [0.1, 0.15) is 0 Å². The number of benzene rings is 1. The Labute approximate surface area is 117 Å². The van der Waals surface area contributed by atoms with Crippen molar-refractivity contribution in [3.8, 4) is 0 Å². The van der Waals surface area contributed by atoms with E-state index in [-0.39, 0.29) is 5.56 Å². The van der Waals surface area contributed by atoms with E-state index in [1.807, 2.05) is 13.8 Å². The van der Waals surface area contributed by atoms with Crippen LogP contribution < -0.4 is 5.32 Å². The number of halogens is 3. The zero-order valence-corrected chi connectivity index (χ0v) is 11.8. The van der Waals surface area contributed by atoms with E-state index in [9.17, 15) is 13.2 Å². The molecule has 20 heavy (non-hydrogen) atoms. The van der Waals surface area contributed by atoms with Crippen LogP contribution in [0.5, 0.6) is 0 Å². The summed E-state index contributed by atoms with van der Waals surface area (Å²) >= 11 is 0. The Bertz CT molecular complexity index is 472. The molecule has 1 aliphatic heterocycles. The molecule has 0 aliphatic carbocycles. The van der Waals surface area contributed by atoms with E-state index in [1.54, 1.807) is 0 Å². The second kappa shape index (κ2) is 6.14. The summed E-state index contributed by atoms with van der Waals surface area (Å²) in [7, 11) is 0. The average molecular weight is 287 g/mol. The van der Waals surface area contributed by atoms with Gasteiger partial charge in [-0.15, -0.1) is 0 Å². The third kappa shape index (κ3) is 2.83. The van der Waals surface area contributed by atoms with Crippen molar-refractivity contribution in [1.29, 1.82) is 0 Å². The molecular formula is C15H20F3NO. The van der Waals surface area contributed by atoms with Gasteiger partial charge in [-0.25, -0.2) is 13.2 Å². The molecule has 2 nitrogen and oxygen atoms in total. The summed E-state index contributed by atoms with van der Waals surface area (Å²) in [6.07, 6.45) is 2.50. The fraction of sp³-hybridized carbons (Fsp3) is 0.600. The molecule has 112 valence electrons. The Morgan fingerprint density at radius 1 is 1.30 bits per heavy atom. The number of hydrogen-bond donors (Lipinski definition) is 1. The van der Waals surface area contributed by atoms with Gasteiger partial charge in [-0.2, -0.15) is 0 Å². The SMILES string of the molecule is CCCNC(c1ccc(F)c(F)c1F)C1(C)CCCO1. The van der Waals surface area contributed by atoms with Crippen LogP contribution in [0.1, 0.15) is 44.7 Å². The van der Waals surface area contributed by atoms with E-state index in [0.29, 0.717) is 13.2 Å². The summed E-state index contributed by atoms with van der Waals surface area (Å²) in [5.41, 5.74) is -0.470. The molecule has 0 amide bonds. The molecule has 2 atom stereocenters. The van der Waals surface area contributed by atoms with E-state index in [4.69, 9.17) is 4.74 Å². The lowest BCUT2D eigenvalue weighted by Gasteiger charge is -2.34. The van der Waals surface area contributed by atoms with Gasteiger partial charge in [0.25, 0.3) is 0 Å². The van der Waals surface area contributed by atoms with E-state index < -0.39 is 29.1 Å². The molecule has 5 heteroatoms. The summed E-state index contributed by atoms with van der Waals surface area (Å²) in [5.74, 6) is -3.72. The predicted molar refractivity (Wildman–Crippen MR) is 70.9 cm³/mol. The highest BCUT2D eigenvalue weighted by Gasteiger charge is 2.40. The van der Waals surface area contributed by atoms with Crippen LogP contribution in [0.4, 0.5) is 13.2 Å². The molecule has 0 radical (unpaired) electrons. The molecule has 0 aromatic heterocycles. The van der Waals surface area contributed by atoms with Crippen LogP contribution >= 0.6 is 0 Å². The standard InChI is InChI=1S/C15H20F3NO/c1-3-8-19-14(15(2)7-4-9-20-15)10-5-6-11(16)13(18)12(10)17/h5-6,14,19H,3-4,7-9H2,1-2H3. The summed E-state index contributed by atoms with van der Waals surface area (Å²) in [4.78, 5) is 0. The maximum absolute atomic E-state index is 14.1. The highest BCUT2D eigenvalue weighted by molar-refractivity contribution is 5.26. The summed E-state index contributed by atoms with van der Waals surface area (Å²) in [6, 6.07) is 1.78. The van der Waals surface area contributed by atoms with Crippen molar-refractivity contribution < 1.29 is 17.9 Å². The lowest BCUT2D eigenvalue weighted by atomic mass is 9.87. The van der Waals surface area contributed by atoms with Crippen molar-refractivity contribution in [2.24, 2.45) is 0 Å². The average Bonchev–Trinajstić information content (AvgIpc) is 2.86. The number of rotatable bonds is 5. The van der Waals surface area contributed by atoms with Crippen LogP contribution in [-0.2, 0) is 4.74 Å². The minimum absolute atomic E-state index is 0.127. The van der Waals surface area contributed by atoms with E-state index in [2.05, 4.69) is 5.32 Å². The van der Waals surface area contributed by atoms with Crippen molar-refractivity contribution in [2.45, 2.75) is 44.8 Å². The lowest BCUT2D eigenvalue weighted by Crippen LogP contribution is -2.42. The van der Waals surface area contributed by atoms with Gasteiger partial charge in [-0.3, -0.25) is 0 Å². The highest BCUT2D eigenvalue weighted by Crippen LogP contribution is 2.38. The molecule has 0 saturated carbocycles. The quantitative estimate of drug-likeness (QED) is 0.834. The second-order valence-corrected chi connectivity index (χ2v) is 5.42. The van der Waals surface area contributed by atoms with Gasteiger partial charge >= 0.3 is 0 Å². The largest absolute Gasteiger partial charge is 0.373 e. The van der Waals surface area contributed by atoms with Crippen LogP contribution in [0.25, 0.3) is 0 Å². The molecule has 1 aromatic carbocycles. The Kier molecular flexibility index (Phi) is 4.70. The summed E-state index contributed by atoms with van der Waals surface area (Å²) < 4.78 is 46.3. The second-order valence-electron chi connectivity index (χ2n) is 5.42. The molecule has 1 heterocycles. The maximum atomic E-state index is 14.1. The Balaban J connectivity index is 2.38. The topological polar surface area (TPSA) is 21.3 Å². The molecule has 0 spiro atoms. The monoisotopic (exact) mass is 287 g/mol. The zero-order chi connectivity index (χ0) is 14.8. The highest BCUT2D eigenvalue weighted by atomic mass is 19.2. The fourth-order valence-corrected chi connectivity index (χ4v) is 2.74. The van der Waals surface area contributed by atoms with Crippen LogP contribution in [0.2, 0.25) is 0 Å². The minimum atomic E-state index is -1.42. The van der Waals surface area contributed by atoms with Crippen LogP contribution in [0.3, 0.4) is 0 Å². The van der Waals surface area contributed by atoms with E-state index >= 15 is 0 Å². The Morgan fingerprint density at radius 3 is 2.65 bits per heavy atom. The van der Waals surface area contributed by atoms with Crippen LogP contribution in [-0.4, -0.2) is 18.8 Å². The summed E-state index contributed by atoms with van der Waals surface area (Å²) in [6.45, 7) is 5.13. The molecule has 0 bridgehead atoms. The van der Waals surface area contributed by atoms with Gasteiger partial charge in [0.2, 0.25) is 0 Å². The van der Waals surface area contributed by atoms with Crippen molar-refractivity contribution >= 4 is 0 Å². The molecule has 1 aromatic rings. The van der Waals surface area contributed by atoms with Gasteiger partial charge in [0, 0.05) is 12.2 Å². The molecule has 2 rings (SSSR count). The van der Waals surface area contributed by atoms with Gasteiger partial charge in [-0.1, -0.05) is 13.0 Å². The van der Waals surface area contributed by atoms with Crippen molar-refractivity contribution in [2.75, 3.05) is 13.2 Å². The van der Waals surface area contributed by atoms with Crippen molar-refractivity contribution in [3.05, 3.63) is 35.1 Å². The first-order chi connectivity index (χ1) is 9.49. The van der Waals surface area contributed by atoms with Crippen molar-refractivity contribution in [3.63, 3.8) is 0 Å². The normalized spacial score (nSPS) is 24.1. The third-order valence-electron chi connectivity index (χ3n) is 3.83. The zero-order valence-electron chi connectivity index (χ0n) is 11.8. The third-order valence-corrected chi connectivity index (χ3v) is 3.83. The smallest absolute Gasteiger partial charge is 0.194 e. The molecule has 1 aliphatic rings. The first kappa shape index (κ1) is 15.3. The van der Waals surface area contributed by atoms with Crippen molar-refractivity contribution in [1.82, 2.24) is 5.32 Å². The number of ether oxygens (including phenoxy) is 1. The molecule has 2 unspecified atom stereocenters. The molecule has 1 fully saturated rings.